The van der Waals surface area contributed by atoms with Crippen LogP contribution in [0.5, 0.6) is 0 Å². The summed E-state index contributed by atoms with van der Waals surface area (Å²) in [5.74, 6) is -1.19. The molecule has 4 heteroatoms. The number of carboxylic acid groups (broad SMARTS) is 1. The van der Waals surface area contributed by atoms with Crippen LogP contribution in [0.3, 0.4) is 0 Å². The standard InChI is InChI=1S/C22H25NO3/c1-22(2,3)18-12-8-7-11-15(18)19(21(25)26)23-20(24)17-13-16(17)14-9-5-4-6-10-14/h4-12,16-17,19H,13H2,1-3H3,(H,23,24)(H,25,26)/t16-,17+,19-/m0/s1. The SMILES string of the molecule is CC(C)(C)c1ccccc1[C@H](NC(=O)[C@@H]1C[C@H]1c1ccccc1)C(=O)O. The van der Waals surface area contributed by atoms with Gasteiger partial charge in [0.05, 0.1) is 0 Å². The summed E-state index contributed by atoms with van der Waals surface area (Å²) in [6.45, 7) is 6.12. The molecule has 0 saturated heterocycles. The maximum absolute atomic E-state index is 12.7. The second-order valence-electron chi connectivity index (χ2n) is 7.98. The van der Waals surface area contributed by atoms with Gasteiger partial charge in [-0.25, -0.2) is 4.79 Å². The minimum Gasteiger partial charge on any atom is -0.479 e. The lowest BCUT2D eigenvalue weighted by Gasteiger charge is -2.26. The summed E-state index contributed by atoms with van der Waals surface area (Å²) in [6.07, 6.45) is 0.767. The van der Waals surface area contributed by atoms with Crippen molar-refractivity contribution in [1.29, 1.82) is 0 Å². The van der Waals surface area contributed by atoms with E-state index in [1.165, 1.54) is 0 Å². The fourth-order valence-electron chi connectivity index (χ4n) is 3.51. The fraction of sp³-hybridized carbons (Fsp3) is 0.364. The van der Waals surface area contributed by atoms with Gasteiger partial charge in [0.15, 0.2) is 6.04 Å². The van der Waals surface area contributed by atoms with E-state index in [2.05, 4.69) is 5.32 Å². The predicted octanol–water partition coefficient (Wildman–Crippen LogP) is 4.03. The first kappa shape index (κ1) is 18.2. The van der Waals surface area contributed by atoms with Gasteiger partial charge in [0.1, 0.15) is 0 Å². The van der Waals surface area contributed by atoms with Gasteiger partial charge in [0.25, 0.3) is 0 Å². The molecule has 0 heterocycles. The number of amides is 1. The van der Waals surface area contributed by atoms with Crippen molar-refractivity contribution in [3.05, 3.63) is 71.3 Å². The van der Waals surface area contributed by atoms with E-state index in [0.29, 0.717) is 5.56 Å². The number of aliphatic carboxylic acids is 1. The summed E-state index contributed by atoms with van der Waals surface area (Å²) in [4.78, 5) is 24.6. The lowest BCUT2D eigenvalue weighted by atomic mass is 9.81. The third kappa shape index (κ3) is 3.79. The lowest BCUT2D eigenvalue weighted by Crippen LogP contribution is -2.36. The lowest BCUT2D eigenvalue weighted by molar-refractivity contribution is -0.142. The van der Waals surface area contributed by atoms with E-state index in [9.17, 15) is 14.7 Å². The van der Waals surface area contributed by atoms with Crippen LogP contribution < -0.4 is 5.32 Å². The molecule has 3 atom stereocenters. The normalized spacial score (nSPS) is 20.3. The molecule has 2 aromatic rings. The topological polar surface area (TPSA) is 66.4 Å². The number of rotatable bonds is 5. The van der Waals surface area contributed by atoms with Gasteiger partial charge in [0, 0.05) is 5.92 Å². The molecule has 0 aromatic heterocycles. The number of carboxylic acids is 1. The van der Waals surface area contributed by atoms with E-state index in [1.807, 2.05) is 69.3 Å². The zero-order valence-electron chi connectivity index (χ0n) is 15.4. The van der Waals surface area contributed by atoms with Crippen molar-refractivity contribution in [3.63, 3.8) is 0 Å². The molecular weight excluding hydrogens is 326 g/mol. The highest BCUT2D eigenvalue weighted by molar-refractivity contribution is 5.88. The molecule has 1 saturated carbocycles. The van der Waals surface area contributed by atoms with Crippen LogP contribution in [0, 0.1) is 5.92 Å². The second kappa shape index (κ2) is 6.94. The maximum atomic E-state index is 12.7. The highest BCUT2D eigenvalue weighted by atomic mass is 16.4. The van der Waals surface area contributed by atoms with Crippen LogP contribution in [0.2, 0.25) is 0 Å². The van der Waals surface area contributed by atoms with Gasteiger partial charge in [-0.05, 0) is 34.4 Å². The van der Waals surface area contributed by atoms with Crippen LogP contribution in [0.15, 0.2) is 54.6 Å². The average molecular weight is 351 g/mol. The molecule has 4 nitrogen and oxygen atoms in total. The molecule has 136 valence electrons. The molecule has 1 aliphatic carbocycles. The molecule has 0 spiro atoms. The smallest absolute Gasteiger partial charge is 0.330 e. The Bertz CT molecular complexity index is 808. The summed E-state index contributed by atoms with van der Waals surface area (Å²) in [6, 6.07) is 16.3. The molecule has 1 aliphatic rings. The molecule has 2 N–H and O–H groups in total. The zero-order chi connectivity index (χ0) is 18.9. The van der Waals surface area contributed by atoms with E-state index < -0.39 is 12.0 Å². The summed E-state index contributed by atoms with van der Waals surface area (Å²) >= 11 is 0. The molecule has 1 amide bonds. The van der Waals surface area contributed by atoms with Gasteiger partial charge in [-0.1, -0.05) is 75.4 Å². The van der Waals surface area contributed by atoms with E-state index >= 15 is 0 Å². The van der Waals surface area contributed by atoms with Crippen molar-refractivity contribution in [2.75, 3.05) is 0 Å². The minimum absolute atomic E-state index is 0.152. The van der Waals surface area contributed by atoms with Gasteiger partial charge in [0.2, 0.25) is 5.91 Å². The van der Waals surface area contributed by atoms with Crippen molar-refractivity contribution >= 4 is 11.9 Å². The Balaban J connectivity index is 1.79. The van der Waals surface area contributed by atoms with E-state index in [0.717, 1.165) is 17.5 Å². The molecule has 26 heavy (non-hydrogen) atoms. The van der Waals surface area contributed by atoms with Crippen LogP contribution in [0.25, 0.3) is 0 Å². The number of hydrogen-bond acceptors (Lipinski definition) is 2. The number of benzene rings is 2. The Kier molecular flexibility index (Phi) is 4.86. The van der Waals surface area contributed by atoms with Gasteiger partial charge in [-0.3, -0.25) is 4.79 Å². The van der Waals surface area contributed by atoms with Crippen LogP contribution in [-0.2, 0) is 15.0 Å². The van der Waals surface area contributed by atoms with Crippen LogP contribution in [0.1, 0.15) is 55.8 Å². The summed E-state index contributed by atoms with van der Waals surface area (Å²) in [5, 5.41) is 12.5. The molecule has 1 fully saturated rings. The third-order valence-corrected chi connectivity index (χ3v) is 4.97. The molecule has 0 aliphatic heterocycles. The molecule has 2 aromatic carbocycles. The Labute approximate surface area is 154 Å². The largest absolute Gasteiger partial charge is 0.479 e. The van der Waals surface area contributed by atoms with Gasteiger partial charge < -0.3 is 10.4 Å². The third-order valence-electron chi connectivity index (χ3n) is 4.97. The quantitative estimate of drug-likeness (QED) is 0.855. The minimum atomic E-state index is -1.04. The molecule has 3 rings (SSSR count). The Morgan fingerprint density at radius 1 is 1.04 bits per heavy atom. The van der Waals surface area contributed by atoms with Gasteiger partial charge in [-0.2, -0.15) is 0 Å². The molecule has 0 unspecified atom stereocenters. The molecule has 0 radical (unpaired) electrons. The Hall–Kier alpha value is -2.62. The predicted molar refractivity (Wildman–Crippen MR) is 101 cm³/mol. The summed E-state index contributed by atoms with van der Waals surface area (Å²) < 4.78 is 0. The maximum Gasteiger partial charge on any atom is 0.330 e. The first-order valence-electron chi connectivity index (χ1n) is 8.96. The van der Waals surface area contributed by atoms with Crippen LogP contribution in [-0.4, -0.2) is 17.0 Å². The highest BCUT2D eigenvalue weighted by Gasteiger charge is 2.45. The highest BCUT2D eigenvalue weighted by Crippen LogP contribution is 2.47. The second-order valence-corrected chi connectivity index (χ2v) is 7.98. The van der Waals surface area contributed by atoms with E-state index in [4.69, 9.17) is 0 Å². The number of hydrogen-bond donors (Lipinski definition) is 2. The van der Waals surface area contributed by atoms with Crippen molar-refractivity contribution < 1.29 is 14.7 Å². The fourth-order valence-corrected chi connectivity index (χ4v) is 3.51. The van der Waals surface area contributed by atoms with Crippen LogP contribution in [0.4, 0.5) is 0 Å². The average Bonchev–Trinajstić information content (AvgIpc) is 3.40. The van der Waals surface area contributed by atoms with Crippen molar-refractivity contribution in [2.45, 2.75) is 44.6 Å². The monoisotopic (exact) mass is 351 g/mol. The number of carbonyl (C=O) groups is 2. The molecule has 0 bridgehead atoms. The number of carbonyl (C=O) groups excluding carboxylic acids is 1. The Morgan fingerprint density at radius 3 is 2.27 bits per heavy atom. The zero-order valence-corrected chi connectivity index (χ0v) is 15.4. The Morgan fingerprint density at radius 2 is 1.65 bits per heavy atom. The first-order valence-corrected chi connectivity index (χ1v) is 8.96. The van der Waals surface area contributed by atoms with Gasteiger partial charge >= 0.3 is 5.97 Å². The van der Waals surface area contributed by atoms with Crippen LogP contribution >= 0.6 is 0 Å². The van der Waals surface area contributed by atoms with Crippen molar-refractivity contribution in [2.24, 2.45) is 5.92 Å². The van der Waals surface area contributed by atoms with Gasteiger partial charge in [-0.15, -0.1) is 0 Å². The first-order chi connectivity index (χ1) is 12.3. The van der Waals surface area contributed by atoms with Crippen molar-refractivity contribution in [1.82, 2.24) is 5.32 Å². The number of nitrogens with one attached hydrogen (secondary N) is 1. The summed E-state index contributed by atoms with van der Waals surface area (Å²) in [5.41, 5.74) is 2.51. The summed E-state index contributed by atoms with van der Waals surface area (Å²) in [7, 11) is 0. The van der Waals surface area contributed by atoms with Crippen molar-refractivity contribution in [3.8, 4) is 0 Å². The molecular formula is C22H25NO3. The van der Waals surface area contributed by atoms with E-state index in [-0.39, 0.29) is 23.2 Å². The van der Waals surface area contributed by atoms with E-state index in [1.54, 1.807) is 6.07 Å².